The Bertz CT molecular complexity index is 537. The average molecular weight is 200 g/mol. The van der Waals surface area contributed by atoms with Gasteiger partial charge in [-0.2, -0.15) is 0 Å². The summed E-state index contributed by atoms with van der Waals surface area (Å²) < 4.78 is 2.38. The first-order chi connectivity index (χ1) is 7.18. The molecule has 15 heavy (non-hydrogen) atoms. The van der Waals surface area contributed by atoms with Crippen molar-refractivity contribution in [3.63, 3.8) is 0 Å². The number of hydrogen-bond acceptors (Lipinski definition) is 1. The van der Waals surface area contributed by atoms with Gasteiger partial charge in [-0.05, 0) is 31.4 Å². The molecule has 0 spiro atoms. The van der Waals surface area contributed by atoms with Crippen LogP contribution in [0, 0.1) is 13.8 Å². The number of aromatic nitrogens is 1. The van der Waals surface area contributed by atoms with E-state index < -0.39 is 0 Å². The Labute approximate surface area is 89.7 Å². The largest absolute Gasteiger partial charge is 0.343 e. The van der Waals surface area contributed by atoms with Gasteiger partial charge >= 0.3 is 0 Å². The van der Waals surface area contributed by atoms with Crippen LogP contribution in [0.5, 0.6) is 0 Å². The van der Waals surface area contributed by atoms with Crippen LogP contribution in [0.3, 0.4) is 0 Å². The van der Waals surface area contributed by atoms with Gasteiger partial charge in [0.25, 0.3) is 0 Å². The second-order valence-corrected chi connectivity index (χ2v) is 4.60. The molecule has 0 aliphatic carbocycles. The lowest BCUT2D eigenvalue weighted by atomic mass is 10.00. The van der Waals surface area contributed by atoms with Crippen molar-refractivity contribution in [1.82, 2.24) is 4.57 Å². The van der Waals surface area contributed by atoms with Gasteiger partial charge in [-0.3, -0.25) is 0 Å². The fraction of sp³-hybridized carbons (Fsp3) is 0.385. The van der Waals surface area contributed by atoms with Gasteiger partial charge in [-0.25, -0.2) is 0 Å². The molecule has 0 fully saturated rings. The van der Waals surface area contributed by atoms with Crippen LogP contribution < -0.4 is 5.73 Å². The van der Waals surface area contributed by atoms with Crippen molar-refractivity contribution in [2.24, 2.45) is 5.73 Å². The molecule has 2 aromatic rings. The first kappa shape index (κ1) is 8.98. The Balaban J connectivity index is 2.46. The maximum atomic E-state index is 6.08. The molecule has 2 N–H and O–H groups in total. The maximum absolute atomic E-state index is 6.08. The summed E-state index contributed by atoms with van der Waals surface area (Å²) in [5.41, 5.74) is 11.7. The predicted molar refractivity (Wildman–Crippen MR) is 63.1 cm³/mol. The van der Waals surface area contributed by atoms with Crippen LogP contribution in [0.4, 0.5) is 0 Å². The second kappa shape index (κ2) is 2.86. The Morgan fingerprint density at radius 1 is 1.33 bits per heavy atom. The normalized spacial score (nSPS) is 19.8. The van der Waals surface area contributed by atoms with Crippen LogP contribution in [-0.2, 0) is 13.0 Å². The molecule has 2 heterocycles. The molecular formula is C13H16N2. The number of benzene rings is 1. The minimum atomic E-state index is 0.272. The lowest BCUT2D eigenvalue weighted by molar-refractivity contribution is 0.533. The molecule has 78 valence electrons. The quantitative estimate of drug-likeness (QED) is 0.694. The molecule has 0 radical (unpaired) electrons. The van der Waals surface area contributed by atoms with Crippen molar-refractivity contribution >= 4 is 10.9 Å². The summed E-state index contributed by atoms with van der Waals surface area (Å²) in [6.45, 7) is 5.36. The van der Waals surface area contributed by atoms with Crippen molar-refractivity contribution in [2.45, 2.75) is 32.9 Å². The zero-order chi connectivity index (χ0) is 10.6. The molecule has 2 nitrogen and oxygen atoms in total. The number of rotatable bonds is 0. The third-order valence-electron chi connectivity index (χ3n) is 3.64. The molecule has 0 amide bonds. The minimum absolute atomic E-state index is 0.272. The zero-order valence-electron chi connectivity index (χ0n) is 9.25. The highest BCUT2D eigenvalue weighted by Gasteiger charge is 2.21. The van der Waals surface area contributed by atoms with Gasteiger partial charge in [0.15, 0.2) is 0 Å². The van der Waals surface area contributed by atoms with Crippen LogP contribution in [0.15, 0.2) is 18.2 Å². The molecule has 1 aliphatic heterocycles. The van der Waals surface area contributed by atoms with Crippen molar-refractivity contribution in [2.75, 3.05) is 0 Å². The molecule has 0 saturated carbocycles. The number of aryl methyl sites for hydroxylation is 1. The lowest BCUT2D eigenvalue weighted by Gasteiger charge is -2.22. The van der Waals surface area contributed by atoms with Crippen molar-refractivity contribution in [1.29, 1.82) is 0 Å². The second-order valence-electron chi connectivity index (χ2n) is 4.60. The molecule has 1 aromatic heterocycles. The number of hydrogen-bond donors (Lipinski definition) is 1. The Kier molecular flexibility index (Phi) is 1.71. The Morgan fingerprint density at radius 3 is 2.93 bits per heavy atom. The van der Waals surface area contributed by atoms with Gasteiger partial charge in [0.1, 0.15) is 0 Å². The molecule has 3 rings (SSSR count). The zero-order valence-corrected chi connectivity index (χ0v) is 9.25. The van der Waals surface area contributed by atoms with Crippen molar-refractivity contribution < 1.29 is 0 Å². The van der Waals surface area contributed by atoms with E-state index in [1.807, 2.05) is 0 Å². The first-order valence-corrected chi connectivity index (χ1v) is 5.51. The highest BCUT2D eigenvalue weighted by atomic mass is 15.0. The maximum Gasteiger partial charge on any atom is 0.0518 e. The molecular weight excluding hydrogens is 184 g/mol. The van der Waals surface area contributed by atoms with E-state index in [1.54, 1.807) is 0 Å². The predicted octanol–water partition coefficient (Wildman–Crippen LogP) is 2.14. The third-order valence-corrected chi connectivity index (χ3v) is 3.64. The van der Waals surface area contributed by atoms with Crippen molar-refractivity contribution in [3.05, 3.63) is 35.0 Å². The first-order valence-electron chi connectivity index (χ1n) is 5.51. The third kappa shape index (κ3) is 1.08. The topological polar surface area (TPSA) is 30.9 Å². The monoisotopic (exact) mass is 200 g/mol. The number of nitrogens with two attached hydrogens (primary N) is 1. The van der Waals surface area contributed by atoms with Gasteiger partial charge in [-0.1, -0.05) is 18.2 Å². The fourth-order valence-electron chi connectivity index (χ4n) is 2.75. The van der Waals surface area contributed by atoms with E-state index in [1.165, 1.54) is 27.7 Å². The van der Waals surface area contributed by atoms with Crippen molar-refractivity contribution in [3.8, 4) is 0 Å². The summed E-state index contributed by atoms with van der Waals surface area (Å²) >= 11 is 0. The molecule has 1 aliphatic rings. The highest BCUT2D eigenvalue weighted by molar-refractivity contribution is 5.88. The Hall–Kier alpha value is -1.28. The molecule has 2 heteroatoms. The summed E-state index contributed by atoms with van der Waals surface area (Å²) in [5.74, 6) is 0. The van der Waals surface area contributed by atoms with E-state index in [0.717, 1.165) is 13.0 Å². The average Bonchev–Trinajstić information content (AvgIpc) is 2.46. The van der Waals surface area contributed by atoms with Gasteiger partial charge < -0.3 is 10.3 Å². The minimum Gasteiger partial charge on any atom is -0.343 e. The summed E-state index contributed by atoms with van der Waals surface area (Å²) in [5, 5.41) is 1.40. The Morgan fingerprint density at radius 2 is 2.13 bits per heavy atom. The van der Waals surface area contributed by atoms with Gasteiger partial charge in [0.2, 0.25) is 0 Å². The SMILES string of the molecule is Cc1c(C)n2c3c(cccc13)CC(N)C2. The molecule has 1 aromatic carbocycles. The summed E-state index contributed by atoms with van der Waals surface area (Å²) in [6.07, 6.45) is 1.01. The van der Waals surface area contributed by atoms with Crippen LogP contribution in [0.2, 0.25) is 0 Å². The van der Waals surface area contributed by atoms with Crippen LogP contribution >= 0.6 is 0 Å². The van der Waals surface area contributed by atoms with Gasteiger partial charge in [0.05, 0.1) is 5.52 Å². The summed E-state index contributed by atoms with van der Waals surface area (Å²) in [4.78, 5) is 0. The van der Waals surface area contributed by atoms with Crippen LogP contribution in [0.1, 0.15) is 16.8 Å². The van der Waals surface area contributed by atoms with Gasteiger partial charge in [-0.15, -0.1) is 0 Å². The van der Waals surface area contributed by atoms with E-state index >= 15 is 0 Å². The molecule has 0 saturated heterocycles. The smallest absolute Gasteiger partial charge is 0.0518 e. The van der Waals surface area contributed by atoms with E-state index in [4.69, 9.17) is 5.73 Å². The summed E-state index contributed by atoms with van der Waals surface area (Å²) in [7, 11) is 0. The number of para-hydroxylation sites is 1. The fourth-order valence-corrected chi connectivity index (χ4v) is 2.75. The van der Waals surface area contributed by atoms with Crippen LogP contribution in [0.25, 0.3) is 10.9 Å². The molecule has 1 unspecified atom stereocenters. The standard InChI is InChI=1S/C13H16N2/c1-8-9(2)15-7-11(14)6-10-4-3-5-12(8)13(10)15/h3-5,11H,6-7,14H2,1-2H3. The van der Waals surface area contributed by atoms with Crippen LogP contribution in [-0.4, -0.2) is 10.6 Å². The van der Waals surface area contributed by atoms with E-state index in [0.29, 0.717) is 0 Å². The number of nitrogens with zero attached hydrogens (tertiary/aromatic N) is 1. The molecule has 0 bridgehead atoms. The summed E-state index contributed by atoms with van der Waals surface area (Å²) in [6, 6.07) is 6.84. The van der Waals surface area contributed by atoms with E-state index in [-0.39, 0.29) is 6.04 Å². The van der Waals surface area contributed by atoms with E-state index in [2.05, 4.69) is 36.6 Å². The lowest BCUT2D eigenvalue weighted by Crippen LogP contribution is -2.32. The molecule has 1 atom stereocenters. The van der Waals surface area contributed by atoms with Gasteiger partial charge in [0, 0.05) is 23.7 Å². The highest BCUT2D eigenvalue weighted by Crippen LogP contribution is 2.31. The van der Waals surface area contributed by atoms with E-state index in [9.17, 15) is 0 Å².